The number of nitrogens with zero attached hydrogens (tertiary/aromatic N) is 3. The van der Waals surface area contributed by atoms with Crippen LogP contribution in [0.3, 0.4) is 0 Å². The molecule has 0 amide bonds. The molecule has 0 spiro atoms. The Morgan fingerprint density at radius 1 is 0.733 bits per heavy atom. The third-order valence-corrected chi connectivity index (χ3v) is 6.91. The first-order valence-electron chi connectivity index (χ1n) is 10.6. The molecule has 142 valence electrons. The minimum Gasteiger partial charge on any atom is -0.336 e. The average molecular weight is 386 g/mol. The van der Waals surface area contributed by atoms with Gasteiger partial charge in [-0.05, 0) is 48.7 Å². The van der Waals surface area contributed by atoms with E-state index in [1.54, 1.807) is 0 Å². The monoisotopic (exact) mass is 386 g/mol. The molecule has 0 bridgehead atoms. The fourth-order valence-electron chi connectivity index (χ4n) is 5.78. The summed E-state index contributed by atoms with van der Waals surface area (Å²) >= 11 is 0. The second-order valence-electron chi connectivity index (χ2n) is 8.60. The van der Waals surface area contributed by atoms with Crippen molar-refractivity contribution in [1.82, 2.24) is 0 Å². The number of aromatic nitrogens is 1. The number of pyridine rings is 1. The highest BCUT2D eigenvalue weighted by atomic mass is 15.4. The van der Waals surface area contributed by atoms with Gasteiger partial charge in [0.1, 0.15) is 12.2 Å². The Morgan fingerprint density at radius 3 is 2.37 bits per heavy atom. The fraction of sp³-hybridized carbons (Fsp3) is 0.115. The molecular weight excluding hydrogens is 365 g/mol. The summed E-state index contributed by atoms with van der Waals surface area (Å²) in [6.07, 6.45) is 2.22. The summed E-state index contributed by atoms with van der Waals surface area (Å²) in [5, 5.41) is 0. The molecule has 0 radical (unpaired) electrons. The van der Waals surface area contributed by atoms with Gasteiger partial charge in [-0.3, -0.25) is 4.81 Å². The van der Waals surface area contributed by atoms with Crippen molar-refractivity contribution in [3.05, 3.63) is 95.7 Å². The zero-order valence-electron chi connectivity index (χ0n) is 17.1. The summed E-state index contributed by atoms with van der Waals surface area (Å²) < 4.78 is 2.42. The molecule has 3 nitrogen and oxygen atoms in total. The number of benzene rings is 3. The van der Waals surface area contributed by atoms with Gasteiger partial charge in [-0.2, -0.15) is 0 Å². The van der Waals surface area contributed by atoms with Crippen LogP contribution in [0.2, 0.25) is 0 Å². The predicted octanol–water partition coefficient (Wildman–Crippen LogP) is 4.62. The van der Waals surface area contributed by atoms with Crippen LogP contribution >= 0.6 is 0 Å². The minimum absolute atomic E-state index is 0.124. The Balaban J connectivity index is 1.63. The summed E-state index contributed by atoms with van der Waals surface area (Å²) in [7, 11) is 0. The van der Waals surface area contributed by atoms with Gasteiger partial charge >= 0.3 is 6.98 Å². The number of hydrogen-bond acceptors (Lipinski definition) is 2. The predicted molar refractivity (Wildman–Crippen MR) is 123 cm³/mol. The molecule has 4 heteroatoms. The second-order valence-corrected chi connectivity index (χ2v) is 8.60. The van der Waals surface area contributed by atoms with E-state index in [0.717, 1.165) is 6.54 Å². The first-order chi connectivity index (χ1) is 14.7. The van der Waals surface area contributed by atoms with Gasteiger partial charge in [-0.1, -0.05) is 54.6 Å². The van der Waals surface area contributed by atoms with Crippen LogP contribution in [0.4, 0.5) is 22.9 Å². The van der Waals surface area contributed by atoms with Crippen molar-refractivity contribution in [1.29, 1.82) is 0 Å². The van der Waals surface area contributed by atoms with Crippen molar-refractivity contribution in [2.45, 2.75) is 20.4 Å². The SMILES string of the molecule is Cc1cccc(C)c1N1B2c3ccccc3-c3ccc[n+]4c3N2c2c(cccc21)C4. The fourth-order valence-corrected chi connectivity index (χ4v) is 5.78. The molecular formula is C26H21BN3+. The van der Waals surface area contributed by atoms with Gasteiger partial charge in [0.25, 0.3) is 5.82 Å². The van der Waals surface area contributed by atoms with Crippen LogP contribution in [0.1, 0.15) is 16.7 Å². The Labute approximate surface area is 176 Å². The molecule has 4 aromatic rings. The number of aryl methyl sites for hydroxylation is 2. The lowest BCUT2D eigenvalue weighted by atomic mass is 9.59. The molecule has 0 unspecified atom stereocenters. The highest BCUT2D eigenvalue weighted by Crippen LogP contribution is 2.53. The standard InChI is InChI=1S/C26H21BN3/c1-17-8-5-9-18(2)24(17)29-23-14-6-10-19-16-28-15-7-12-21-20-11-3-4-13-22(20)27(29)30(25(19)23)26(21)28/h3-15H,16H2,1-2H3/q+1. The normalized spacial score (nSPS) is 14.7. The third-order valence-electron chi connectivity index (χ3n) is 6.91. The van der Waals surface area contributed by atoms with E-state index in [0.29, 0.717) is 0 Å². The van der Waals surface area contributed by atoms with Gasteiger partial charge in [0.05, 0.1) is 17.4 Å². The summed E-state index contributed by atoms with van der Waals surface area (Å²) in [6, 6.07) is 26.8. The van der Waals surface area contributed by atoms with Crippen molar-refractivity contribution < 1.29 is 4.57 Å². The highest BCUT2D eigenvalue weighted by molar-refractivity contribution is 6.86. The maximum Gasteiger partial charge on any atom is 0.543 e. The Hall–Kier alpha value is -3.53. The van der Waals surface area contributed by atoms with Crippen LogP contribution in [-0.4, -0.2) is 6.98 Å². The topological polar surface area (TPSA) is 10.4 Å². The molecule has 0 aliphatic carbocycles. The lowest BCUT2D eigenvalue weighted by molar-refractivity contribution is -0.676. The first kappa shape index (κ1) is 16.3. The molecule has 4 heterocycles. The van der Waals surface area contributed by atoms with Crippen molar-refractivity contribution in [2.75, 3.05) is 9.62 Å². The van der Waals surface area contributed by atoms with Crippen molar-refractivity contribution in [3.63, 3.8) is 0 Å². The number of anilines is 4. The van der Waals surface area contributed by atoms with Gasteiger partial charge < -0.3 is 4.81 Å². The van der Waals surface area contributed by atoms with E-state index < -0.39 is 0 Å². The van der Waals surface area contributed by atoms with E-state index in [4.69, 9.17) is 0 Å². The minimum atomic E-state index is 0.124. The van der Waals surface area contributed by atoms with Crippen LogP contribution in [0.5, 0.6) is 0 Å². The maximum absolute atomic E-state index is 2.58. The lowest BCUT2D eigenvalue weighted by Gasteiger charge is -2.33. The average Bonchev–Trinajstić information content (AvgIpc) is 3.11. The second kappa shape index (κ2) is 5.54. The number of fused-ring (bicyclic) bond motifs is 3. The van der Waals surface area contributed by atoms with Crippen molar-refractivity contribution >= 4 is 35.3 Å². The molecule has 0 atom stereocenters. The van der Waals surface area contributed by atoms with E-state index in [-0.39, 0.29) is 6.98 Å². The number of para-hydroxylation sites is 2. The molecule has 3 aliphatic heterocycles. The number of rotatable bonds is 1. The molecule has 0 fully saturated rings. The summed E-state index contributed by atoms with van der Waals surface area (Å²) in [6.45, 7) is 5.51. The molecule has 0 saturated heterocycles. The van der Waals surface area contributed by atoms with Crippen LogP contribution in [0.15, 0.2) is 79.0 Å². The first-order valence-corrected chi connectivity index (χ1v) is 10.6. The van der Waals surface area contributed by atoms with Crippen LogP contribution < -0.4 is 19.7 Å². The molecule has 1 aromatic heterocycles. The lowest BCUT2D eigenvalue weighted by Crippen LogP contribution is -2.60. The molecule has 7 rings (SSSR count). The van der Waals surface area contributed by atoms with E-state index in [2.05, 4.69) is 107 Å². The Bertz CT molecular complexity index is 1360. The summed E-state index contributed by atoms with van der Waals surface area (Å²) in [4.78, 5) is 5.16. The third kappa shape index (κ3) is 1.85. The molecule has 3 aliphatic rings. The van der Waals surface area contributed by atoms with E-state index >= 15 is 0 Å². The highest BCUT2D eigenvalue weighted by Gasteiger charge is 2.58. The van der Waals surface area contributed by atoms with Gasteiger partial charge in [0.2, 0.25) is 0 Å². The zero-order valence-corrected chi connectivity index (χ0v) is 17.1. The van der Waals surface area contributed by atoms with Crippen molar-refractivity contribution in [3.8, 4) is 11.1 Å². The summed E-state index contributed by atoms with van der Waals surface area (Å²) in [5.41, 5.74) is 12.1. The molecule has 0 saturated carbocycles. The van der Waals surface area contributed by atoms with E-state index in [1.807, 2.05) is 0 Å². The molecule has 30 heavy (non-hydrogen) atoms. The molecule has 3 aromatic carbocycles. The Morgan fingerprint density at radius 2 is 1.50 bits per heavy atom. The van der Waals surface area contributed by atoms with Gasteiger partial charge in [0.15, 0.2) is 0 Å². The van der Waals surface area contributed by atoms with E-state index in [9.17, 15) is 0 Å². The number of hydrogen-bond donors (Lipinski definition) is 0. The molecule has 0 N–H and O–H groups in total. The van der Waals surface area contributed by atoms with Crippen LogP contribution in [0, 0.1) is 13.8 Å². The van der Waals surface area contributed by atoms with Gasteiger partial charge in [-0.25, -0.2) is 4.57 Å². The summed E-state index contributed by atoms with van der Waals surface area (Å²) in [5.74, 6) is 1.31. The van der Waals surface area contributed by atoms with Crippen LogP contribution in [0.25, 0.3) is 11.1 Å². The van der Waals surface area contributed by atoms with Crippen LogP contribution in [-0.2, 0) is 6.54 Å². The zero-order chi connectivity index (χ0) is 20.0. The quantitative estimate of drug-likeness (QED) is 0.349. The Kier molecular flexibility index (Phi) is 3.01. The van der Waals surface area contributed by atoms with Crippen molar-refractivity contribution in [2.24, 2.45) is 0 Å². The van der Waals surface area contributed by atoms with Gasteiger partial charge in [0, 0.05) is 16.7 Å². The van der Waals surface area contributed by atoms with Gasteiger partial charge in [-0.15, -0.1) is 0 Å². The smallest absolute Gasteiger partial charge is 0.336 e. The van der Waals surface area contributed by atoms with E-state index in [1.165, 1.54) is 56.2 Å². The maximum atomic E-state index is 2.58. The largest absolute Gasteiger partial charge is 0.543 e.